The first kappa shape index (κ1) is 19.2. The second-order valence-corrected chi connectivity index (χ2v) is 7.76. The Kier molecular flexibility index (Phi) is 8.16. The lowest BCUT2D eigenvalue weighted by atomic mass is 9.91. The lowest BCUT2D eigenvalue weighted by molar-refractivity contribution is -0.199. The van der Waals surface area contributed by atoms with E-state index >= 15 is 0 Å². The van der Waals surface area contributed by atoms with Crippen LogP contribution in [0.15, 0.2) is 12.2 Å². The van der Waals surface area contributed by atoms with Crippen LogP contribution in [-0.2, 0) is 14.3 Å². The Labute approximate surface area is 136 Å². The van der Waals surface area contributed by atoms with Gasteiger partial charge in [-0.3, -0.25) is 4.79 Å². The van der Waals surface area contributed by atoms with Crippen molar-refractivity contribution < 1.29 is 14.3 Å². The first-order chi connectivity index (χ1) is 10.3. The minimum Gasteiger partial charge on any atom is -0.435 e. The van der Waals surface area contributed by atoms with Gasteiger partial charge in [0.1, 0.15) is 0 Å². The smallest absolute Gasteiger partial charge is 0.312 e. The molecule has 1 unspecified atom stereocenters. The molecule has 0 aromatic heterocycles. The van der Waals surface area contributed by atoms with Crippen LogP contribution in [0, 0.1) is 5.41 Å². The standard InChI is InChI=1S/C19H34O3/c1-6-10-15(2)13-17(20)22-18(14-19(3,4)5)21-16-11-8-7-9-12-16/h16,18H,2,6-14H2,1,3-5H3. The topological polar surface area (TPSA) is 35.5 Å². The Balaban J connectivity index is 2.53. The summed E-state index contributed by atoms with van der Waals surface area (Å²) in [6.07, 6.45) is 8.64. The SMILES string of the molecule is C=C(CCC)CC(=O)OC(CC(C)(C)C)OC1CCCCC1. The highest BCUT2D eigenvalue weighted by Gasteiger charge is 2.26. The first-order valence-electron chi connectivity index (χ1n) is 8.81. The molecule has 0 amide bonds. The lowest BCUT2D eigenvalue weighted by Crippen LogP contribution is -2.31. The normalized spacial score (nSPS) is 18.0. The van der Waals surface area contributed by atoms with Gasteiger partial charge in [-0.2, -0.15) is 0 Å². The maximum atomic E-state index is 12.1. The fraction of sp³-hybridized carbons (Fsp3) is 0.842. The molecule has 22 heavy (non-hydrogen) atoms. The molecular formula is C19H34O3. The molecule has 1 aliphatic rings. The Bertz CT molecular complexity index is 348. The van der Waals surface area contributed by atoms with Crippen molar-refractivity contribution in [1.82, 2.24) is 0 Å². The molecule has 0 aliphatic heterocycles. The Morgan fingerprint density at radius 1 is 1.23 bits per heavy atom. The van der Waals surface area contributed by atoms with Gasteiger partial charge in [-0.05, 0) is 24.7 Å². The average molecular weight is 310 g/mol. The molecule has 3 heteroatoms. The van der Waals surface area contributed by atoms with Gasteiger partial charge in [0.05, 0.1) is 12.5 Å². The van der Waals surface area contributed by atoms with E-state index in [4.69, 9.17) is 9.47 Å². The number of esters is 1. The van der Waals surface area contributed by atoms with Gasteiger partial charge < -0.3 is 9.47 Å². The van der Waals surface area contributed by atoms with Crippen molar-refractivity contribution in [3.63, 3.8) is 0 Å². The van der Waals surface area contributed by atoms with Crippen LogP contribution in [0.5, 0.6) is 0 Å². The van der Waals surface area contributed by atoms with E-state index < -0.39 is 6.29 Å². The van der Waals surface area contributed by atoms with Crippen LogP contribution in [-0.4, -0.2) is 18.4 Å². The molecule has 3 nitrogen and oxygen atoms in total. The van der Waals surface area contributed by atoms with E-state index in [1.807, 2.05) is 0 Å². The van der Waals surface area contributed by atoms with Gasteiger partial charge in [0.25, 0.3) is 0 Å². The van der Waals surface area contributed by atoms with Crippen molar-refractivity contribution in [3.8, 4) is 0 Å². The maximum Gasteiger partial charge on any atom is 0.312 e. The fourth-order valence-corrected chi connectivity index (χ4v) is 2.87. The zero-order chi connectivity index (χ0) is 16.6. The summed E-state index contributed by atoms with van der Waals surface area (Å²) in [7, 11) is 0. The summed E-state index contributed by atoms with van der Waals surface area (Å²) in [6.45, 7) is 12.5. The summed E-state index contributed by atoms with van der Waals surface area (Å²) < 4.78 is 11.7. The molecule has 0 bridgehead atoms. The van der Waals surface area contributed by atoms with Crippen LogP contribution in [0.25, 0.3) is 0 Å². The van der Waals surface area contributed by atoms with Gasteiger partial charge in [-0.1, -0.05) is 65.5 Å². The van der Waals surface area contributed by atoms with Gasteiger partial charge in [0.2, 0.25) is 6.29 Å². The van der Waals surface area contributed by atoms with Crippen molar-refractivity contribution in [3.05, 3.63) is 12.2 Å². The molecule has 0 saturated heterocycles. The zero-order valence-electron chi connectivity index (χ0n) is 15.0. The molecule has 0 aromatic rings. The number of rotatable bonds is 8. The van der Waals surface area contributed by atoms with Crippen LogP contribution < -0.4 is 0 Å². The summed E-state index contributed by atoms with van der Waals surface area (Å²) >= 11 is 0. The van der Waals surface area contributed by atoms with Gasteiger partial charge in [0, 0.05) is 6.42 Å². The monoisotopic (exact) mass is 310 g/mol. The summed E-state index contributed by atoms with van der Waals surface area (Å²) in [4.78, 5) is 12.1. The van der Waals surface area contributed by atoms with E-state index in [1.54, 1.807) is 0 Å². The molecule has 0 aromatic carbocycles. The molecular weight excluding hydrogens is 276 g/mol. The molecule has 1 rings (SSSR count). The maximum absolute atomic E-state index is 12.1. The molecule has 0 heterocycles. The van der Waals surface area contributed by atoms with Crippen LogP contribution in [0.3, 0.4) is 0 Å². The summed E-state index contributed by atoms with van der Waals surface area (Å²) in [5.41, 5.74) is 1.01. The van der Waals surface area contributed by atoms with Crippen LogP contribution >= 0.6 is 0 Å². The lowest BCUT2D eigenvalue weighted by Gasteiger charge is -2.31. The molecule has 128 valence electrons. The summed E-state index contributed by atoms with van der Waals surface area (Å²) in [5.74, 6) is -0.205. The van der Waals surface area contributed by atoms with Crippen molar-refractivity contribution >= 4 is 5.97 Å². The average Bonchev–Trinajstić information content (AvgIpc) is 2.37. The summed E-state index contributed by atoms with van der Waals surface area (Å²) in [6, 6.07) is 0. The Morgan fingerprint density at radius 3 is 2.41 bits per heavy atom. The van der Waals surface area contributed by atoms with Gasteiger partial charge in [-0.15, -0.1) is 0 Å². The number of hydrogen-bond acceptors (Lipinski definition) is 3. The first-order valence-corrected chi connectivity index (χ1v) is 8.81. The third-order valence-electron chi connectivity index (χ3n) is 3.94. The minimum absolute atomic E-state index is 0.0695. The van der Waals surface area contributed by atoms with Crippen LogP contribution in [0.1, 0.15) is 85.5 Å². The molecule has 0 radical (unpaired) electrons. The third kappa shape index (κ3) is 8.57. The van der Waals surface area contributed by atoms with E-state index in [1.165, 1.54) is 19.3 Å². The van der Waals surface area contributed by atoms with Crippen molar-refractivity contribution in [1.29, 1.82) is 0 Å². The Hall–Kier alpha value is -0.830. The molecule has 1 atom stereocenters. The molecule has 1 aliphatic carbocycles. The fourth-order valence-electron chi connectivity index (χ4n) is 2.87. The van der Waals surface area contributed by atoms with Crippen LogP contribution in [0.2, 0.25) is 0 Å². The van der Waals surface area contributed by atoms with Crippen molar-refractivity contribution in [2.24, 2.45) is 5.41 Å². The van der Waals surface area contributed by atoms with E-state index in [2.05, 4.69) is 34.3 Å². The second kappa shape index (κ2) is 9.34. The molecule has 0 spiro atoms. The third-order valence-corrected chi connectivity index (χ3v) is 3.94. The highest BCUT2D eigenvalue weighted by atomic mass is 16.7. The number of ether oxygens (including phenoxy) is 2. The van der Waals surface area contributed by atoms with Crippen molar-refractivity contribution in [2.75, 3.05) is 0 Å². The van der Waals surface area contributed by atoms with E-state index in [-0.39, 0.29) is 17.5 Å². The molecule has 1 fully saturated rings. The highest BCUT2D eigenvalue weighted by Crippen LogP contribution is 2.28. The van der Waals surface area contributed by atoms with E-state index in [9.17, 15) is 4.79 Å². The predicted molar refractivity (Wildman–Crippen MR) is 90.6 cm³/mol. The second-order valence-electron chi connectivity index (χ2n) is 7.76. The van der Waals surface area contributed by atoms with Crippen LogP contribution in [0.4, 0.5) is 0 Å². The molecule has 0 N–H and O–H groups in total. The highest BCUT2D eigenvalue weighted by molar-refractivity contribution is 5.72. The zero-order valence-corrected chi connectivity index (χ0v) is 15.0. The number of carbonyl (C=O) groups is 1. The van der Waals surface area contributed by atoms with E-state index in [0.29, 0.717) is 6.42 Å². The molecule has 1 saturated carbocycles. The summed E-state index contributed by atoms with van der Waals surface area (Å²) in [5, 5.41) is 0. The minimum atomic E-state index is -0.426. The number of carbonyl (C=O) groups excluding carboxylic acids is 1. The predicted octanol–water partition coefficient (Wildman–Crippen LogP) is 5.39. The van der Waals surface area contributed by atoms with Crippen molar-refractivity contribution in [2.45, 2.75) is 97.9 Å². The van der Waals surface area contributed by atoms with Gasteiger partial charge in [0.15, 0.2) is 0 Å². The Morgan fingerprint density at radius 2 is 1.86 bits per heavy atom. The largest absolute Gasteiger partial charge is 0.435 e. The van der Waals surface area contributed by atoms with Gasteiger partial charge >= 0.3 is 5.97 Å². The van der Waals surface area contributed by atoms with Gasteiger partial charge in [-0.25, -0.2) is 0 Å². The van der Waals surface area contributed by atoms with E-state index in [0.717, 1.165) is 37.7 Å². The number of hydrogen-bond donors (Lipinski definition) is 0. The quantitative estimate of drug-likeness (QED) is 0.342.